The molecule has 1 N–H and O–H groups in total. The van der Waals surface area contributed by atoms with Crippen LogP contribution in [0.1, 0.15) is 54.9 Å². The molecule has 2 aliphatic heterocycles. The van der Waals surface area contributed by atoms with E-state index in [1.54, 1.807) is 0 Å². The lowest BCUT2D eigenvalue weighted by molar-refractivity contribution is 0.0918. The van der Waals surface area contributed by atoms with E-state index in [0.29, 0.717) is 12.5 Å². The smallest absolute Gasteiger partial charge is 0.252 e. The number of hydrogen-bond acceptors (Lipinski definition) is 6. The van der Waals surface area contributed by atoms with Gasteiger partial charge in [-0.1, -0.05) is 79.6 Å². The van der Waals surface area contributed by atoms with E-state index in [4.69, 9.17) is 4.98 Å². The van der Waals surface area contributed by atoms with Crippen molar-refractivity contribution in [1.82, 2.24) is 20.1 Å². The summed E-state index contributed by atoms with van der Waals surface area (Å²) in [4.78, 5) is 28.9. The standard InChI is InChI=1S/C32H39N5OS/c1-23(24-10-4-2-5-11-24)34-31(38)29-26-14-8-9-15-28(26)35-30(25-12-6-3-7-13-25)27(29)22-36-17-19-37(20-18-36)32-33-16-21-39-32/h3,6-9,12-15,23-24H,2,4-5,10-11,16-22H2,1H3,(H,34,38)/t23-/m0/s1. The van der Waals surface area contributed by atoms with Crippen molar-refractivity contribution < 1.29 is 4.79 Å². The maximum absolute atomic E-state index is 14.2. The average Bonchev–Trinajstić information content (AvgIpc) is 3.53. The number of carbonyl (C=O) groups excluding carboxylic acids is 1. The molecule has 2 aromatic carbocycles. The van der Waals surface area contributed by atoms with Crippen LogP contribution in [-0.4, -0.2) is 70.4 Å². The highest BCUT2D eigenvalue weighted by Crippen LogP contribution is 2.33. The number of rotatable bonds is 6. The molecular weight excluding hydrogens is 502 g/mol. The third kappa shape index (κ3) is 5.85. The van der Waals surface area contributed by atoms with Crippen molar-refractivity contribution in [3.8, 4) is 11.3 Å². The van der Waals surface area contributed by atoms with E-state index in [1.807, 2.05) is 36.0 Å². The van der Waals surface area contributed by atoms with Gasteiger partial charge < -0.3 is 10.2 Å². The molecule has 0 bridgehead atoms. The lowest BCUT2D eigenvalue weighted by atomic mass is 9.84. The van der Waals surface area contributed by atoms with Crippen LogP contribution in [0.2, 0.25) is 0 Å². The summed E-state index contributed by atoms with van der Waals surface area (Å²) in [7, 11) is 0. The largest absolute Gasteiger partial charge is 0.349 e. The van der Waals surface area contributed by atoms with Gasteiger partial charge in [0.25, 0.3) is 5.91 Å². The highest BCUT2D eigenvalue weighted by molar-refractivity contribution is 8.14. The van der Waals surface area contributed by atoms with E-state index in [0.717, 1.165) is 71.8 Å². The number of para-hydroxylation sites is 1. The third-order valence-corrected chi connectivity index (χ3v) is 9.61. The summed E-state index contributed by atoms with van der Waals surface area (Å²) in [5, 5.41) is 5.59. The van der Waals surface area contributed by atoms with Gasteiger partial charge in [0.1, 0.15) is 0 Å². The molecule has 39 heavy (non-hydrogen) atoms. The number of thioether (sulfide) groups is 1. The highest BCUT2D eigenvalue weighted by atomic mass is 32.2. The molecule has 1 amide bonds. The number of piperazine rings is 1. The first kappa shape index (κ1) is 26.3. The zero-order chi connectivity index (χ0) is 26.6. The molecule has 1 aliphatic carbocycles. The monoisotopic (exact) mass is 541 g/mol. The Morgan fingerprint density at radius 1 is 1.00 bits per heavy atom. The molecular formula is C32H39N5OS. The van der Waals surface area contributed by atoms with Gasteiger partial charge in [-0.2, -0.15) is 0 Å². The Balaban J connectivity index is 1.36. The molecule has 2 fully saturated rings. The number of amides is 1. The van der Waals surface area contributed by atoms with Gasteiger partial charge in [0.05, 0.1) is 23.3 Å². The van der Waals surface area contributed by atoms with Crippen molar-refractivity contribution in [2.24, 2.45) is 10.9 Å². The molecule has 1 saturated heterocycles. The topological polar surface area (TPSA) is 60.8 Å². The molecule has 6 rings (SSSR count). The molecule has 6 nitrogen and oxygen atoms in total. The number of carbonyl (C=O) groups is 1. The second-order valence-corrected chi connectivity index (χ2v) is 12.2. The first-order chi connectivity index (χ1) is 19.2. The second kappa shape index (κ2) is 12.1. The molecule has 7 heteroatoms. The van der Waals surface area contributed by atoms with Crippen molar-refractivity contribution in [1.29, 1.82) is 0 Å². The van der Waals surface area contributed by atoms with Gasteiger partial charge in [0.15, 0.2) is 5.17 Å². The Hall–Kier alpha value is -2.90. The fourth-order valence-corrected chi connectivity index (χ4v) is 7.28. The Morgan fingerprint density at radius 2 is 1.74 bits per heavy atom. The van der Waals surface area contributed by atoms with E-state index in [-0.39, 0.29) is 11.9 Å². The fourth-order valence-electron chi connectivity index (χ4n) is 6.37. The molecule has 1 saturated carbocycles. The van der Waals surface area contributed by atoms with E-state index >= 15 is 0 Å². The quantitative estimate of drug-likeness (QED) is 0.426. The summed E-state index contributed by atoms with van der Waals surface area (Å²) in [6.45, 7) is 7.65. The normalized spacial score (nSPS) is 19.7. The van der Waals surface area contributed by atoms with E-state index in [1.165, 1.54) is 37.3 Å². The third-order valence-electron chi connectivity index (χ3n) is 8.58. The number of aliphatic imine (C=N–C) groups is 1. The summed E-state index contributed by atoms with van der Waals surface area (Å²) in [6.07, 6.45) is 6.26. The van der Waals surface area contributed by atoms with Gasteiger partial charge in [0, 0.05) is 61.0 Å². The van der Waals surface area contributed by atoms with E-state index in [2.05, 4.69) is 57.4 Å². The summed E-state index contributed by atoms with van der Waals surface area (Å²) >= 11 is 1.87. The lowest BCUT2D eigenvalue weighted by Crippen LogP contribution is -2.47. The van der Waals surface area contributed by atoms with Crippen LogP contribution in [0.25, 0.3) is 22.2 Å². The minimum absolute atomic E-state index is 0.0363. The minimum Gasteiger partial charge on any atom is -0.349 e. The highest BCUT2D eigenvalue weighted by Gasteiger charge is 2.28. The van der Waals surface area contributed by atoms with Gasteiger partial charge in [-0.25, -0.2) is 4.98 Å². The summed E-state index contributed by atoms with van der Waals surface area (Å²) in [6, 6.07) is 18.7. The van der Waals surface area contributed by atoms with Crippen molar-refractivity contribution in [3.05, 3.63) is 65.7 Å². The predicted octanol–water partition coefficient (Wildman–Crippen LogP) is 5.82. The molecule has 204 valence electrons. The van der Waals surface area contributed by atoms with Crippen LogP contribution in [0.15, 0.2) is 59.6 Å². The summed E-state index contributed by atoms with van der Waals surface area (Å²) in [5.74, 6) is 1.68. The number of benzene rings is 2. The number of fused-ring (bicyclic) bond motifs is 1. The maximum atomic E-state index is 14.2. The number of nitrogens with zero attached hydrogens (tertiary/aromatic N) is 4. The SMILES string of the molecule is C[C@H](NC(=O)c1c(CN2CCN(C3=NCCS3)CC2)c(-c2ccccc2)nc2ccccc12)C1CCCCC1. The predicted molar refractivity (Wildman–Crippen MR) is 162 cm³/mol. The van der Waals surface area contributed by atoms with E-state index < -0.39 is 0 Å². The molecule has 1 aromatic heterocycles. The number of aromatic nitrogens is 1. The van der Waals surface area contributed by atoms with Crippen LogP contribution in [0, 0.1) is 5.92 Å². The zero-order valence-electron chi connectivity index (χ0n) is 22.9. The molecule has 0 spiro atoms. The first-order valence-electron chi connectivity index (χ1n) is 14.6. The van der Waals surface area contributed by atoms with Crippen LogP contribution < -0.4 is 5.32 Å². The van der Waals surface area contributed by atoms with Crippen molar-refractivity contribution in [3.63, 3.8) is 0 Å². The number of amidine groups is 1. The van der Waals surface area contributed by atoms with Crippen molar-refractivity contribution in [2.75, 3.05) is 38.5 Å². The Labute approximate surface area is 236 Å². The van der Waals surface area contributed by atoms with Crippen molar-refractivity contribution in [2.45, 2.75) is 51.6 Å². The number of nitrogens with one attached hydrogen (secondary N) is 1. The first-order valence-corrected chi connectivity index (χ1v) is 15.6. The minimum atomic E-state index is 0.0363. The lowest BCUT2D eigenvalue weighted by Gasteiger charge is -2.36. The summed E-state index contributed by atoms with van der Waals surface area (Å²) in [5.41, 5.74) is 4.68. The van der Waals surface area contributed by atoms with Gasteiger partial charge in [-0.3, -0.25) is 14.7 Å². The van der Waals surface area contributed by atoms with Gasteiger partial charge in [0.2, 0.25) is 0 Å². The number of pyridine rings is 1. The van der Waals surface area contributed by atoms with Crippen LogP contribution in [0.5, 0.6) is 0 Å². The van der Waals surface area contributed by atoms with Gasteiger partial charge in [-0.15, -0.1) is 0 Å². The maximum Gasteiger partial charge on any atom is 0.252 e. The summed E-state index contributed by atoms with van der Waals surface area (Å²) < 4.78 is 0. The second-order valence-electron chi connectivity index (χ2n) is 11.1. The van der Waals surface area contributed by atoms with Crippen LogP contribution in [0.4, 0.5) is 0 Å². The number of hydrogen-bond donors (Lipinski definition) is 1. The van der Waals surface area contributed by atoms with Gasteiger partial charge in [-0.05, 0) is 31.7 Å². The Kier molecular flexibility index (Phi) is 8.16. The zero-order valence-corrected chi connectivity index (χ0v) is 23.8. The molecule has 1 atom stereocenters. The molecule has 0 unspecified atom stereocenters. The van der Waals surface area contributed by atoms with Crippen LogP contribution in [0.3, 0.4) is 0 Å². The van der Waals surface area contributed by atoms with Crippen molar-refractivity contribution >= 4 is 33.7 Å². The van der Waals surface area contributed by atoms with Gasteiger partial charge >= 0.3 is 0 Å². The van der Waals surface area contributed by atoms with Crippen LogP contribution >= 0.6 is 11.8 Å². The molecule has 0 radical (unpaired) electrons. The molecule has 3 aliphatic rings. The van der Waals surface area contributed by atoms with E-state index in [9.17, 15) is 4.79 Å². The Bertz CT molecular complexity index is 1330. The fraction of sp³-hybridized carbons (Fsp3) is 0.469. The van der Waals surface area contributed by atoms with Crippen LogP contribution in [-0.2, 0) is 6.54 Å². The molecule has 3 heterocycles. The average molecular weight is 542 g/mol. The molecule has 3 aromatic rings. The Morgan fingerprint density at radius 3 is 2.49 bits per heavy atom.